The summed E-state index contributed by atoms with van der Waals surface area (Å²) in [6.07, 6.45) is 0.215. The molecule has 4 nitrogen and oxygen atoms in total. The first-order valence-corrected chi connectivity index (χ1v) is 8.55. The summed E-state index contributed by atoms with van der Waals surface area (Å²) in [5.74, 6) is -0.187. The molecule has 2 aromatic rings. The van der Waals surface area contributed by atoms with Gasteiger partial charge in [0.2, 0.25) is 11.8 Å². The minimum absolute atomic E-state index is 0.0331. The van der Waals surface area contributed by atoms with E-state index in [1.54, 1.807) is 11.9 Å². The van der Waals surface area contributed by atoms with E-state index >= 15 is 0 Å². The van der Waals surface area contributed by atoms with Gasteiger partial charge in [0.05, 0.1) is 12.5 Å². The minimum Gasteiger partial charge on any atom is -0.349 e. The maximum Gasteiger partial charge on any atom is 0.225 e. The first-order chi connectivity index (χ1) is 11.8. The van der Waals surface area contributed by atoms with Crippen molar-refractivity contribution in [3.8, 4) is 0 Å². The third-order valence-electron chi connectivity index (χ3n) is 3.99. The van der Waals surface area contributed by atoms with Crippen molar-refractivity contribution in [3.05, 3.63) is 70.2 Å². The molecule has 2 aromatic carbocycles. The fraction of sp³-hybridized carbons (Fsp3) is 0.300. The highest BCUT2D eigenvalue weighted by Crippen LogP contribution is 2.19. The third-order valence-corrected chi connectivity index (χ3v) is 4.25. The van der Waals surface area contributed by atoms with Crippen LogP contribution in [0.25, 0.3) is 0 Å². The van der Waals surface area contributed by atoms with Crippen molar-refractivity contribution in [2.75, 3.05) is 7.05 Å². The van der Waals surface area contributed by atoms with Crippen molar-refractivity contribution in [1.82, 2.24) is 10.2 Å². The summed E-state index contributed by atoms with van der Waals surface area (Å²) in [7, 11) is 1.76. The lowest BCUT2D eigenvalue weighted by atomic mass is 10.0. The standard InChI is InChI=1S/C20H23ClN2O2/c1-14-4-8-17(9-5-14)19(22-15(2)24)12-20(25)23(3)13-16-6-10-18(21)11-7-16/h4-11,19H,12-13H2,1-3H3,(H,22,24). The first kappa shape index (κ1) is 19.0. The molecule has 0 aliphatic rings. The lowest BCUT2D eigenvalue weighted by molar-refractivity contribution is -0.131. The van der Waals surface area contributed by atoms with E-state index in [4.69, 9.17) is 11.6 Å². The monoisotopic (exact) mass is 358 g/mol. The van der Waals surface area contributed by atoms with E-state index in [1.807, 2.05) is 55.5 Å². The summed E-state index contributed by atoms with van der Waals surface area (Å²) in [5.41, 5.74) is 3.07. The van der Waals surface area contributed by atoms with E-state index in [2.05, 4.69) is 5.32 Å². The van der Waals surface area contributed by atoms with Gasteiger partial charge in [0, 0.05) is 25.5 Å². The molecule has 0 fully saturated rings. The first-order valence-electron chi connectivity index (χ1n) is 8.17. The molecule has 132 valence electrons. The van der Waals surface area contributed by atoms with Gasteiger partial charge in [-0.05, 0) is 30.2 Å². The largest absolute Gasteiger partial charge is 0.349 e. The molecule has 0 saturated carbocycles. The molecule has 0 radical (unpaired) electrons. The van der Waals surface area contributed by atoms with E-state index in [9.17, 15) is 9.59 Å². The molecule has 1 unspecified atom stereocenters. The van der Waals surface area contributed by atoms with Gasteiger partial charge in [-0.25, -0.2) is 0 Å². The second-order valence-electron chi connectivity index (χ2n) is 6.24. The summed E-state index contributed by atoms with van der Waals surface area (Å²) >= 11 is 5.89. The summed E-state index contributed by atoms with van der Waals surface area (Å²) < 4.78 is 0. The number of hydrogen-bond donors (Lipinski definition) is 1. The van der Waals surface area contributed by atoms with Crippen LogP contribution in [0.2, 0.25) is 5.02 Å². The second kappa shape index (κ2) is 8.67. The number of carbonyl (C=O) groups excluding carboxylic acids is 2. The number of amides is 2. The summed E-state index contributed by atoms with van der Waals surface area (Å²) in [6, 6.07) is 14.9. The molecular formula is C20H23ClN2O2. The summed E-state index contributed by atoms with van der Waals surface area (Å²) in [6.45, 7) is 3.96. The molecule has 0 spiro atoms. The molecule has 0 aromatic heterocycles. The highest BCUT2D eigenvalue weighted by atomic mass is 35.5. The molecule has 0 bridgehead atoms. The number of hydrogen-bond acceptors (Lipinski definition) is 2. The Bertz CT molecular complexity index is 726. The Hall–Kier alpha value is -2.33. The van der Waals surface area contributed by atoms with Crippen molar-refractivity contribution in [3.63, 3.8) is 0 Å². The van der Waals surface area contributed by atoms with Crippen LogP contribution in [0, 0.1) is 6.92 Å². The molecule has 1 N–H and O–H groups in total. The topological polar surface area (TPSA) is 49.4 Å². The molecule has 25 heavy (non-hydrogen) atoms. The second-order valence-corrected chi connectivity index (χ2v) is 6.68. The Kier molecular flexibility index (Phi) is 6.59. The van der Waals surface area contributed by atoms with Crippen molar-refractivity contribution in [1.29, 1.82) is 0 Å². The average molecular weight is 359 g/mol. The molecule has 5 heteroatoms. The number of halogens is 1. The summed E-state index contributed by atoms with van der Waals surface area (Å²) in [4.78, 5) is 25.8. The van der Waals surface area contributed by atoms with E-state index in [1.165, 1.54) is 6.92 Å². The average Bonchev–Trinajstić information content (AvgIpc) is 2.56. The van der Waals surface area contributed by atoms with Crippen LogP contribution in [0.3, 0.4) is 0 Å². The number of nitrogens with one attached hydrogen (secondary N) is 1. The highest BCUT2D eigenvalue weighted by Gasteiger charge is 2.19. The lowest BCUT2D eigenvalue weighted by Gasteiger charge is -2.23. The van der Waals surface area contributed by atoms with Crippen molar-refractivity contribution >= 4 is 23.4 Å². The molecule has 0 aliphatic heterocycles. The predicted octanol–water partition coefficient (Wildman–Crippen LogP) is 3.87. The van der Waals surface area contributed by atoms with Gasteiger partial charge in [-0.15, -0.1) is 0 Å². The quantitative estimate of drug-likeness (QED) is 0.852. The van der Waals surface area contributed by atoms with Gasteiger partial charge in [-0.1, -0.05) is 53.6 Å². The smallest absolute Gasteiger partial charge is 0.225 e. The predicted molar refractivity (Wildman–Crippen MR) is 100 cm³/mol. The molecule has 0 heterocycles. The molecule has 2 rings (SSSR count). The zero-order valence-electron chi connectivity index (χ0n) is 14.8. The maximum absolute atomic E-state index is 12.6. The highest BCUT2D eigenvalue weighted by molar-refractivity contribution is 6.30. The van der Waals surface area contributed by atoms with Crippen LogP contribution in [0.15, 0.2) is 48.5 Å². The van der Waals surface area contributed by atoms with E-state index in [-0.39, 0.29) is 24.3 Å². The number of nitrogens with zero attached hydrogens (tertiary/aromatic N) is 1. The maximum atomic E-state index is 12.6. The van der Waals surface area contributed by atoms with E-state index < -0.39 is 0 Å². The minimum atomic E-state index is -0.335. The molecule has 0 saturated heterocycles. The van der Waals surface area contributed by atoms with Gasteiger partial charge in [-0.2, -0.15) is 0 Å². The fourth-order valence-electron chi connectivity index (χ4n) is 2.58. The number of benzene rings is 2. The van der Waals surface area contributed by atoms with Gasteiger partial charge >= 0.3 is 0 Å². The lowest BCUT2D eigenvalue weighted by Crippen LogP contribution is -2.33. The summed E-state index contributed by atoms with van der Waals surface area (Å²) in [5, 5.41) is 3.54. The Morgan fingerprint density at radius 3 is 2.24 bits per heavy atom. The van der Waals surface area contributed by atoms with Crippen LogP contribution in [0.1, 0.15) is 36.1 Å². The SMILES string of the molecule is CC(=O)NC(CC(=O)N(C)Cc1ccc(Cl)cc1)c1ccc(C)cc1. The molecule has 0 aliphatic carbocycles. The van der Waals surface area contributed by atoms with Gasteiger partial charge < -0.3 is 10.2 Å². The normalized spacial score (nSPS) is 11.7. The van der Waals surface area contributed by atoms with Crippen molar-refractivity contribution < 1.29 is 9.59 Å². The zero-order valence-corrected chi connectivity index (χ0v) is 15.5. The molecular weight excluding hydrogens is 336 g/mol. The van der Waals surface area contributed by atoms with Crippen LogP contribution in [0.5, 0.6) is 0 Å². The number of carbonyl (C=O) groups is 2. The van der Waals surface area contributed by atoms with Crippen LogP contribution < -0.4 is 5.32 Å². The van der Waals surface area contributed by atoms with Gasteiger partial charge in [0.25, 0.3) is 0 Å². The van der Waals surface area contributed by atoms with E-state index in [0.29, 0.717) is 11.6 Å². The molecule has 2 amide bonds. The zero-order chi connectivity index (χ0) is 18.4. The van der Waals surface area contributed by atoms with Crippen molar-refractivity contribution in [2.45, 2.75) is 32.9 Å². The third kappa shape index (κ3) is 5.91. The van der Waals surface area contributed by atoms with Gasteiger partial charge in [0.15, 0.2) is 0 Å². The molecule has 1 atom stereocenters. The van der Waals surface area contributed by atoms with E-state index in [0.717, 1.165) is 16.7 Å². The number of aryl methyl sites for hydroxylation is 1. The Labute approximate surface area is 153 Å². The van der Waals surface area contributed by atoms with Crippen LogP contribution in [0.4, 0.5) is 0 Å². The number of rotatable bonds is 6. The Morgan fingerprint density at radius 1 is 1.08 bits per heavy atom. The van der Waals surface area contributed by atoms with Crippen molar-refractivity contribution in [2.24, 2.45) is 0 Å². The van der Waals surface area contributed by atoms with Crippen LogP contribution in [-0.4, -0.2) is 23.8 Å². The van der Waals surface area contributed by atoms with Crippen LogP contribution >= 0.6 is 11.6 Å². The van der Waals surface area contributed by atoms with Gasteiger partial charge in [0.1, 0.15) is 0 Å². The van der Waals surface area contributed by atoms with Gasteiger partial charge in [-0.3, -0.25) is 9.59 Å². The fourth-order valence-corrected chi connectivity index (χ4v) is 2.70. The Morgan fingerprint density at radius 2 is 1.68 bits per heavy atom. The Balaban J connectivity index is 2.06. The van der Waals surface area contributed by atoms with Crippen LogP contribution in [-0.2, 0) is 16.1 Å².